The zero-order valence-corrected chi connectivity index (χ0v) is 10.2. The van der Waals surface area contributed by atoms with Crippen LogP contribution in [0.4, 0.5) is 0 Å². The average Bonchev–Trinajstić information content (AvgIpc) is 2.27. The molecule has 1 rings (SSSR count). The minimum atomic E-state index is 0.267. The van der Waals surface area contributed by atoms with Crippen LogP contribution in [0.15, 0.2) is 24.3 Å². The van der Waals surface area contributed by atoms with Gasteiger partial charge in [0, 0.05) is 0 Å². The number of aryl methyl sites for hydroxylation is 2. The molecule has 1 heteroatoms. The van der Waals surface area contributed by atoms with Crippen LogP contribution in [0.2, 0.25) is 0 Å². The second-order valence-electron chi connectivity index (χ2n) is 5.04. The summed E-state index contributed by atoms with van der Waals surface area (Å²) in [4.78, 5) is 0. The second-order valence-corrected chi connectivity index (χ2v) is 5.04. The van der Waals surface area contributed by atoms with Gasteiger partial charge in [-0.05, 0) is 42.3 Å². The molecule has 0 saturated carbocycles. The quantitative estimate of drug-likeness (QED) is 0.785. The molecule has 1 nitrogen and oxygen atoms in total. The average molecular weight is 205 g/mol. The minimum Gasteiger partial charge on any atom is -0.330 e. The van der Waals surface area contributed by atoms with Gasteiger partial charge in [0.15, 0.2) is 0 Å². The topological polar surface area (TPSA) is 26.0 Å². The largest absolute Gasteiger partial charge is 0.330 e. The van der Waals surface area contributed by atoms with Crippen LogP contribution in [-0.2, 0) is 12.8 Å². The number of nitrogens with two attached hydrogens (primary N) is 1. The Morgan fingerprint density at radius 1 is 1.07 bits per heavy atom. The van der Waals surface area contributed by atoms with Crippen molar-refractivity contribution in [3.05, 3.63) is 35.4 Å². The maximum absolute atomic E-state index is 5.72. The minimum absolute atomic E-state index is 0.267. The lowest BCUT2D eigenvalue weighted by Gasteiger charge is -2.22. The van der Waals surface area contributed by atoms with Gasteiger partial charge in [0.1, 0.15) is 0 Å². The summed E-state index contributed by atoms with van der Waals surface area (Å²) in [6, 6.07) is 8.94. The van der Waals surface area contributed by atoms with Gasteiger partial charge in [-0.15, -0.1) is 0 Å². The van der Waals surface area contributed by atoms with Crippen LogP contribution in [0.3, 0.4) is 0 Å². The summed E-state index contributed by atoms with van der Waals surface area (Å²) >= 11 is 0. The molecule has 0 aromatic heterocycles. The molecule has 1 aromatic carbocycles. The molecule has 0 heterocycles. The van der Waals surface area contributed by atoms with E-state index in [1.165, 1.54) is 11.1 Å². The van der Waals surface area contributed by atoms with Gasteiger partial charge >= 0.3 is 0 Å². The normalized spacial score (nSPS) is 11.7. The van der Waals surface area contributed by atoms with E-state index >= 15 is 0 Å². The fourth-order valence-corrected chi connectivity index (χ4v) is 1.53. The predicted octanol–water partition coefficient (Wildman–Crippen LogP) is 3.17. The molecule has 0 spiro atoms. The van der Waals surface area contributed by atoms with Gasteiger partial charge in [-0.3, -0.25) is 0 Å². The molecule has 2 N–H and O–H groups in total. The fraction of sp³-hybridized carbons (Fsp3) is 0.571. The van der Waals surface area contributed by atoms with Gasteiger partial charge in [-0.1, -0.05) is 45.0 Å². The Balaban J connectivity index is 2.51. The van der Waals surface area contributed by atoms with E-state index in [1.807, 2.05) is 0 Å². The second kappa shape index (κ2) is 5.32. The van der Waals surface area contributed by atoms with Crippen molar-refractivity contribution in [3.63, 3.8) is 0 Å². The number of rotatable bonds is 5. The van der Waals surface area contributed by atoms with E-state index in [0.29, 0.717) is 0 Å². The van der Waals surface area contributed by atoms with Crippen molar-refractivity contribution in [1.82, 2.24) is 0 Å². The Hall–Kier alpha value is -0.820. The predicted molar refractivity (Wildman–Crippen MR) is 67.0 cm³/mol. The summed E-state index contributed by atoms with van der Waals surface area (Å²) in [6.45, 7) is 7.41. The lowest BCUT2D eigenvalue weighted by atomic mass is 9.86. The smallest absolute Gasteiger partial charge is 0.00257 e. The Labute approximate surface area is 93.7 Å². The highest BCUT2D eigenvalue weighted by Crippen LogP contribution is 2.21. The van der Waals surface area contributed by atoms with Crippen molar-refractivity contribution in [1.29, 1.82) is 0 Å². The molecule has 0 saturated heterocycles. The molecule has 15 heavy (non-hydrogen) atoms. The standard InChI is InChI=1S/C14H23N/c1-4-12-5-7-13(8-6-12)9-10-14(2,3)11-15/h5-8H,4,9-11,15H2,1-3H3. The molecule has 0 aliphatic heterocycles. The highest BCUT2D eigenvalue weighted by Gasteiger charge is 2.14. The Kier molecular flexibility index (Phi) is 4.34. The van der Waals surface area contributed by atoms with Gasteiger partial charge in [0.2, 0.25) is 0 Å². The van der Waals surface area contributed by atoms with Gasteiger partial charge in [0.25, 0.3) is 0 Å². The summed E-state index contributed by atoms with van der Waals surface area (Å²) in [5.74, 6) is 0. The SMILES string of the molecule is CCc1ccc(CCC(C)(C)CN)cc1. The van der Waals surface area contributed by atoms with Crippen molar-refractivity contribution < 1.29 is 0 Å². The van der Waals surface area contributed by atoms with Crippen molar-refractivity contribution in [2.45, 2.75) is 40.0 Å². The van der Waals surface area contributed by atoms with E-state index in [0.717, 1.165) is 25.8 Å². The summed E-state index contributed by atoms with van der Waals surface area (Å²) in [6.07, 6.45) is 3.41. The van der Waals surface area contributed by atoms with Crippen LogP contribution >= 0.6 is 0 Å². The van der Waals surface area contributed by atoms with Crippen LogP contribution in [0, 0.1) is 5.41 Å². The summed E-state index contributed by atoms with van der Waals surface area (Å²) in [5, 5.41) is 0. The van der Waals surface area contributed by atoms with E-state index in [2.05, 4.69) is 45.0 Å². The zero-order valence-electron chi connectivity index (χ0n) is 10.2. The van der Waals surface area contributed by atoms with Crippen molar-refractivity contribution in [2.75, 3.05) is 6.54 Å². The molecule has 0 aliphatic rings. The van der Waals surface area contributed by atoms with Crippen LogP contribution in [0.1, 0.15) is 38.3 Å². The van der Waals surface area contributed by atoms with Crippen molar-refractivity contribution in [2.24, 2.45) is 11.1 Å². The zero-order chi connectivity index (χ0) is 11.3. The summed E-state index contributed by atoms with van der Waals surface area (Å²) < 4.78 is 0. The highest BCUT2D eigenvalue weighted by atomic mass is 14.6. The maximum atomic E-state index is 5.72. The van der Waals surface area contributed by atoms with Crippen molar-refractivity contribution >= 4 is 0 Å². The number of hydrogen-bond acceptors (Lipinski definition) is 1. The van der Waals surface area contributed by atoms with Gasteiger partial charge in [-0.25, -0.2) is 0 Å². The van der Waals surface area contributed by atoms with Crippen LogP contribution in [0.25, 0.3) is 0 Å². The van der Waals surface area contributed by atoms with Gasteiger partial charge in [-0.2, -0.15) is 0 Å². The van der Waals surface area contributed by atoms with E-state index in [4.69, 9.17) is 5.73 Å². The number of hydrogen-bond donors (Lipinski definition) is 1. The molecule has 0 amide bonds. The summed E-state index contributed by atoms with van der Waals surface area (Å²) in [7, 11) is 0. The van der Waals surface area contributed by atoms with E-state index in [9.17, 15) is 0 Å². The number of benzene rings is 1. The molecule has 0 atom stereocenters. The maximum Gasteiger partial charge on any atom is -0.00257 e. The van der Waals surface area contributed by atoms with E-state index in [-0.39, 0.29) is 5.41 Å². The molecule has 0 radical (unpaired) electrons. The lowest BCUT2D eigenvalue weighted by molar-refractivity contribution is 0.348. The fourth-order valence-electron chi connectivity index (χ4n) is 1.53. The molecular weight excluding hydrogens is 182 g/mol. The van der Waals surface area contributed by atoms with E-state index < -0.39 is 0 Å². The molecule has 1 aromatic rings. The first kappa shape index (κ1) is 12.3. The first-order chi connectivity index (χ1) is 7.07. The third-order valence-electron chi connectivity index (χ3n) is 3.07. The van der Waals surface area contributed by atoms with E-state index in [1.54, 1.807) is 0 Å². The first-order valence-corrected chi connectivity index (χ1v) is 5.85. The molecule has 0 fully saturated rings. The Morgan fingerprint density at radius 3 is 2.07 bits per heavy atom. The van der Waals surface area contributed by atoms with Crippen molar-refractivity contribution in [3.8, 4) is 0 Å². The summed E-state index contributed by atoms with van der Waals surface area (Å²) in [5.41, 5.74) is 8.82. The van der Waals surface area contributed by atoms with Crippen LogP contribution in [-0.4, -0.2) is 6.54 Å². The first-order valence-electron chi connectivity index (χ1n) is 5.85. The molecular formula is C14H23N. The lowest BCUT2D eigenvalue weighted by Crippen LogP contribution is -2.24. The third-order valence-corrected chi connectivity index (χ3v) is 3.07. The Bertz CT molecular complexity index is 285. The molecule has 0 aliphatic carbocycles. The molecule has 84 valence electrons. The third kappa shape index (κ3) is 4.05. The highest BCUT2D eigenvalue weighted by molar-refractivity contribution is 5.22. The van der Waals surface area contributed by atoms with Gasteiger partial charge < -0.3 is 5.73 Å². The molecule has 0 unspecified atom stereocenters. The van der Waals surface area contributed by atoms with Crippen LogP contribution < -0.4 is 5.73 Å². The van der Waals surface area contributed by atoms with Crippen LogP contribution in [0.5, 0.6) is 0 Å². The molecule has 0 bridgehead atoms. The monoisotopic (exact) mass is 205 g/mol. The van der Waals surface area contributed by atoms with Gasteiger partial charge in [0.05, 0.1) is 0 Å². The Morgan fingerprint density at radius 2 is 1.60 bits per heavy atom.